The Balaban J connectivity index is 2.26. The van der Waals surface area contributed by atoms with Gasteiger partial charge in [0.1, 0.15) is 0 Å². The number of hydrogen-bond donors (Lipinski definition) is 1. The predicted molar refractivity (Wildman–Crippen MR) is 75.6 cm³/mol. The second-order valence-electron chi connectivity index (χ2n) is 4.79. The van der Waals surface area contributed by atoms with E-state index in [9.17, 15) is 0 Å². The minimum atomic E-state index is 0.219. The van der Waals surface area contributed by atoms with Crippen molar-refractivity contribution in [2.75, 3.05) is 6.54 Å². The molecule has 0 saturated carbocycles. The van der Waals surface area contributed by atoms with Gasteiger partial charge in [-0.2, -0.15) is 5.10 Å². The van der Waals surface area contributed by atoms with E-state index in [2.05, 4.69) is 47.1 Å². The number of rotatable bonds is 5. The molecule has 18 heavy (non-hydrogen) atoms. The van der Waals surface area contributed by atoms with Gasteiger partial charge in [0.15, 0.2) is 0 Å². The molecule has 0 bridgehead atoms. The summed E-state index contributed by atoms with van der Waals surface area (Å²) in [7, 11) is 0. The third-order valence-electron chi connectivity index (χ3n) is 3.49. The average Bonchev–Trinajstić information content (AvgIpc) is 2.93. The monoisotopic (exact) mass is 315 g/mol. The van der Waals surface area contributed by atoms with Crippen molar-refractivity contribution in [3.63, 3.8) is 0 Å². The molecule has 1 N–H and O–H groups in total. The molecule has 3 unspecified atom stereocenters. The van der Waals surface area contributed by atoms with Gasteiger partial charge in [0, 0.05) is 6.54 Å². The van der Waals surface area contributed by atoms with Crippen LogP contribution >= 0.6 is 15.9 Å². The highest BCUT2D eigenvalue weighted by molar-refractivity contribution is 9.10. The third-order valence-corrected chi connectivity index (χ3v) is 4.10. The number of aryl methyl sites for hydroxylation is 1. The molecular formula is C13H22BrN3O. The van der Waals surface area contributed by atoms with Crippen molar-refractivity contribution in [3.05, 3.63) is 16.4 Å². The van der Waals surface area contributed by atoms with Crippen LogP contribution in [-0.2, 0) is 11.3 Å². The number of nitrogens with zero attached hydrogens (tertiary/aromatic N) is 2. The quantitative estimate of drug-likeness (QED) is 0.908. The van der Waals surface area contributed by atoms with Gasteiger partial charge in [-0.1, -0.05) is 6.92 Å². The van der Waals surface area contributed by atoms with Crippen molar-refractivity contribution < 1.29 is 4.74 Å². The van der Waals surface area contributed by atoms with Crippen LogP contribution in [0.4, 0.5) is 0 Å². The third kappa shape index (κ3) is 2.78. The van der Waals surface area contributed by atoms with Crippen LogP contribution in [0.3, 0.4) is 0 Å². The fourth-order valence-electron chi connectivity index (χ4n) is 2.64. The maximum atomic E-state index is 6.03. The number of nitrogens with one attached hydrogen (secondary N) is 1. The molecule has 1 aliphatic rings. The maximum Gasteiger partial charge on any atom is 0.0790 e. The van der Waals surface area contributed by atoms with Crippen molar-refractivity contribution in [1.29, 1.82) is 0 Å². The van der Waals surface area contributed by atoms with Crippen LogP contribution in [0.2, 0.25) is 0 Å². The van der Waals surface area contributed by atoms with E-state index in [1.165, 1.54) is 5.69 Å². The van der Waals surface area contributed by atoms with E-state index < -0.39 is 0 Å². The Labute approximate surface area is 117 Å². The van der Waals surface area contributed by atoms with Gasteiger partial charge >= 0.3 is 0 Å². The SMILES string of the molecule is CCNC(c1c(Br)cnn1CC)C1CCC(C)O1. The number of likely N-dealkylation sites (N-methyl/N-ethyl adjacent to an activating group) is 1. The Morgan fingerprint density at radius 3 is 2.89 bits per heavy atom. The summed E-state index contributed by atoms with van der Waals surface area (Å²) in [5, 5.41) is 7.95. The Morgan fingerprint density at radius 2 is 2.33 bits per heavy atom. The lowest BCUT2D eigenvalue weighted by Gasteiger charge is -2.25. The summed E-state index contributed by atoms with van der Waals surface area (Å²) < 4.78 is 9.14. The molecule has 0 radical (unpaired) electrons. The van der Waals surface area contributed by atoms with E-state index in [1.807, 2.05) is 10.9 Å². The molecule has 0 amide bonds. The van der Waals surface area contributed by atoms with Crippen LogP contribution in [0.15, 0.2) is 10.7 Å². The normalized spacial score (nSPS) is 25.6. The molecule has 2 heterocycles. The summed E-state index contributed by atoms with van der Waals surface area (Å²) in [6.07, 6.45) is 4.75. The van der Waals surface area contributed by atoms with Crippen molar-refractivity contribution in [2.45, 2.75) is 58.4 Å². The maximum absolute atomic E-state index is 6.03. The van der Waals surface area contributed by atoms with Crippen LogP contribution < -0.4 is 5.32 Å². The first-order valence-electron chi connectivity index (χ1n) is 6.77. The van der Waals surface area contributed by atoms with Crippen LogP contribution in [0.25, 0.3) is 0 Å². The van der Waals surface area contributed by atoms with Gasteiger partial charge in [-0.05, 0) is 49.2 Å². The molecule has 2 rings (SSSR count). The second kappa shape index (κ2) is 6.17. The van der Waals surface area contributed by atoms with Crippen LogP contribution in [0, 0.1) is 0 Å². The molecule has 1 fully saturated rings. The molecule has 102 valence electrons. The van der Waals surface area contributed by atoms with Crippen molar-refractivity contribution in [1.82, 2.24) is 15.1 Å². The van der Waals surface area contributed by atoms with Crippen molar-refractivity contribution in [2.24, 2.45) is 0 Å². The Kier molecular flexibility index (Phi) is 4.81. The molecule has 1 aromatic heterocycles. The molecule has 0 aromatic carbocycles. The van der Waals surface area contributed by atoms with Gasteiger partial charge in [0.2, 0.25) is 0 Å². The molecule has 1 aromatic rings. The lowest BCUT2D eigenvalue weighted by molar-refractivity contribution is 0.0298. The fraction of sp³-hybridized carbons (Fsp3) is 0.769. The summed E-state index contributed by atoms with van der Waals surface area (Å²) in [5.74, 6) is 0. The van der Waals surface area contributed by atoms with E-state index in [0.29, 0.717) is 6.10 Å². The minimum absolute atomic E-state index is 0.219. The fourth-order valence-corrected chi connectivity index (χ4v) is 3.18. The van der Waals surface area contributed by atoms with E-state index in [4.69, 9.17) is 4.74 Å². The summed E-state index contributed by atoms with van der Waals surface area (Å²) in [6, 6.07) is 0.219. The van der Waals surface area contributed by atoms with Crippen LogP contribution in [0.5, 0.6) is 0 Å². The average molecular weight is 316 g/mol. The molecule has 3 atom stereocenters. The first-order valence-corrected chi connectivity index (χ1v) is 7.56. The van der Waals surface area contributed by atoms with Gasteiger partial charge in [0.25, 0.3) is 0 Å². The lowest BCUT2D eigenvalue weighted by Crippen LogP contribution is -2.34. The largest absolute Gasteiger partial charge is 0.373 e. The summed E-state index contributed by atoms with van der Waals surface area (Å²) >= 11 is 3.61. The van der Waals surface area contributed by atoms with E-state index in [0.717, 1.165) is 30.4 Å². The Hall–Kier alpha value is -0.390. The van der Waals surface area contributed by atoms with E-state index in [-0.39, 0.29) is 12.1 Å². The zero-order valence-electron chi connectivity index (χ0n) is 11.3. The summed E-state index contributed by atoms with van der Waals surface area (Å²) in [6.45, 7) is 8.20. The second-order valence-corrected chi connectivity index (χ2v) is 5.65. The topological polar surface area (TPSA) is 39.1 Å². The summed E-state index contributed by atoms with van der Waals surface area (Å²) in [4.78, 5) is 0. The zero-order valence-corrected chi connectivity index (χ0v) is 12.9. The van der Waals surface area contributed by atoms with Crippen LogP contribution in [0.1, 0.15) is 45.3 Å². The highest BCUT2D eigenvalue weighted by atomic mass is 79.9. The standard InChI is InChI=1S/C13H22BrN3O/c1-4-15-12(11-7-6-9(3)18-11)13-10(14)8-16-17(13)5-2/h8-9,11-12,15H,4-7H2,1-3H3. The molecule has 1 aliphatic heterocycles. The molecule has 0 spiro atoms. The van der Waals surface area contributed by atoms with Crippen molar-refractivity contribution >= 4 is 15.9 Å². The number of halogens is 1. The van der Waals surface area contributed by atoms with E-state index in [1.54, 1.807) is 0 Å². The van der Waals surface area contributed by atoms with Crippen LogP contribution in [-0.4, -0.2) is 28.5 Å². The summed E-state index contributed by atoms with van der Waals surface area (Å²) in [5.41, 5.74) is 1.21. The van der Waals surface area contributed by atoms with Gasteiger partial charge in [0.05, 0.1) is 34.6 Å². The Bertz CT molecular complexity index is 394. The highest BCUT2D eigenvalue weighted by Gasteiger charge is 2.33. The van der Waals surface area contributed by atoms with E-state index >= 15 is 0 Å². The first-order chi connectivity index (χ1) is 8.67. The smallest absolute Gasteiger partial charge is 0.0790 e. The zero-order chi connectivity index (χ0) is 13.1. The van der Waals surface area contributed by atoms with Gasteiger partial charge in [-0.15, -0.1) is 0 Å². The number of ether oxygens (including phenoxy) is 1. The predicted octanol–water partition coefficient (Wildman–Crippen LogP) is 2.88. The highest BCUT2D eigenvalue weighted by Crippen LogP contribution is 2.33. The number of hydrogen-bond acceptors (Lipinski definition) is 3. The molecular weight excluding hydrogens is 294 g/mol. The lowest BCUT2D eigenvalue weighted by atomic mass is 10.0. The van der Waals surface area contributed by atoms with Crippen molar-refractivity contribution in [3.8, 4) is 0 Å². The molecule has 1 saturated heterocycles. The Morgan fingerprint density at radius 1 is 1.56 bits per heavy atom. The first kappa shape index (κ1) is 14.0. The molecule has 5 heteroatoms. The number of aromatic nitrogens is 2. The van der Waals surface area contributed by atoms with Gasteiger partial charge in [-0.3, -0.25) is 4.68 Å². The minimum Gasteiger partial charge on any atom is -0.373 e. The van der Waals surface area contributed by atoms with Gasteiger partial charge in [-0.25, -0.2) is 0 Å². The molecule has 4 nitrogen and oxygen atoms in total. The van der Waals surface area contributed by atoms with Gasteiger partial charge < -0.3 is 10.1 Å². The molecule has 0 aliphatic carbocycles.